The SMILES string of the molecule is COc1ccccc1Cn1c(CN(C)C(=O)c2ccncc2)nc2ccccc21. The van der Waals surface area contributed by atoms with Crippen LogP contribution in [-0.4, -0.2) is 39.5 Å². The van der Waals surface area contributed by atoms with Crippen LogP contribution < -0.4 is 4.74 Å². The van der Waals surface area contributed by atoms with Crippen molar-refractivity contribution >= 4 is 16.9 Å². The Bertz CT molecular complexity index is 1140. The van der Waals surface area contributed by atoms with Gasteiger partial charge in [0.2, 0.25) is 0 Å². The molecule has 0 spiro atoms. The van der Waals surface area contributed by atoms with E-state index < -0.39 is 0 Å². The Morgan fingerprint density at radius 2 is 1.76 bits per heavy atom. The molecule has 0 unspecified atom stereocenters. The second-order valence-corrected chi connectivity index (χ2v) is 6.81. The molecule has 0 bridgehead atoms. The second kappa shape index (κ2) is 8.14. The number of amides is 1. The van der Waals surface area contributed by atoms with E-state index in [4.69, 9.17) is 9.72 Å². The molecule has 4 rings (SSSR count). The zero-order chi connectivity index (χ0) is 20.2. The molecule has 0 aliphatic heterocycles. The minimum atomic E-state index is -0.0664. The number of pyridine rings is 1. The molecule has 2 heterocycles. The van der Waals surface area contributed by atoms with E-state index in [9.17, 15) is 4.79 Å². The predicted octanol–water partition coefficient (Wildman–Crippen LogP) is 3.76. The molecular weight excluding hydrogens is 364 g/mol. The quantitative estimate of drug-likeness (QED) is 0.506. The van der Waals surface area contributed by atoms with E-state index in [1.807, 2.05) is 48.5 Å². The average Bonchev–Trinajstić information content (AvgIpc) is 3.11. The lowest BCUT2D eigenvalue weighted by Crippen LogP contribution is -2.27. The molecule has 0 N–H and O–H groups in total. The monoisotopic (exact) mass is 386 g/mol. The first-order chi connectivity index (χ1) is 14.2. The van der Waals surface area contributed by atoms with Gasteiger partial charge in [-0.2, -0.15) is 0 Å². The summed E-state index contributed by atoms with van der Waals surface area (Å²) < 4.78 is 7.66. The van der Waals surface area contributed by atoms with Gasteiger partial charge < -0.3 is 14.2 Å². The Balaban J connectivity index is 1.69. The van der Waals surface area contributed by atoms with E-state index in [-0.39, 0.29) is 5.91 Å². The molecule has 0 aliphatic rings. The summed E-state index contributed by atoms with van der Waals surface area (Å²) in [5.41, 5.74) is 3.60. The van der Waals surface area contributed by atoms with Crippen LogP contribution >= 0.6 is 0 Å². The largest absolute Gasteiger partial charge is 0.496 e. The van der Waals surface area contributed by atoms with Gasteiger partial charge in [-0.15, -0.1) is 0 Å². The fourth-order valence-electron chi connectivity index (χ4n) is 3.43. The Hall–Kier alpha value is -3.67. The number of carbonyl (C=O) groups is 1. The Morgan fingerprint density at radius 3 is 2.55 bits per heavy atom. The normalized spacial score (nSPS) is 10.8. The fraction of sp³-hybridized carbons (Fsp3) is 0.174. The lowest BCUT2D eigenvalue weighted by atomic mass is 10.2. The van der Waals surface area contributed by atoms with Crippen LogP contribution in [0.5, 0.6) is 5.75 Å². The van der Waals surface area contributed by atoms with Crippen LogP contribution in [0.15, 0.2) is 73.1 Å². The van der Waals surface area contributed by atoms with Crippen molar-refractivity contribution in [1.29, 1.82) is 0 Å². The molecule has 1 amide bonds. The van der Waals surface area contributed by atoms with Crippen molar-refractivity contribution in [3.63, 3.8) is 0 Å². The van der Waals surface area contributed by atoms with Gasteiger partial charge in [0.25, 0.3) is 5.91 Å². The van der Waals surface area contributed by atoms with E-state index in [0.717, 1.165) is 28.2 Å². The highest BCUT2D eigenvalue weighted by Crippen LogP contribution is 2.23. The third-order valence-electron chi connectivity index (χ3n) is 4.91. The van der Waals surface area contributed by atoms with Gasteiger partial charge in [0.05, 0.1) is 31.2 Å². The summed E-state index contributed by atoms with van der Waals surface area (Å²) >= 11 is 0. The molecule has 0 radical (unpaired) electrons. The fourth-order valence-corrected chi connectivity index (χ4v) is 3.43. The van der Waals surface area contributed by atoms with Gasteiger partial charge >= 0.3 is 0 Å². The van der Waals surface area contributed by atoms with E-state index in [0.29, 0.717) is 18.7 Å². The predicted molar refractivity (Wildman–Crippen MR) is 112 cm³/mol. The van der Waals surface area contributed by atoms with Crippen LogP contribution in [0.4, 0.5) is 0 Å². The number of para-hydroxylation sites is 3. The highest BCUT2D eigenvalue weighted by molar-refractivity contribution is 5.93. The number of benzene rings is 2. The number of carbonyl (C=O) groups excluding carboxylic acids is 1. The molecule has 4 aromatic rings. The highest BCUT2D eigenvalue weighted by Gasteiger charge is 2.18. The molecule has 6 heteroatoms. The first-order valence-electron chi connectivity index (χ1n) is 9.39. The zero-order valence-electron chi connectivity index (χ0n) is 16.4. The van der Waals surface area contributed by atoms with E-state index in [1.165, 1.54) is 0 Å². The first-order valence-corrected chi connectivity index (χ1v) is 9.39. The summed E-state index contributed by atoms with van der Waals surface area (Å²) in [6.07, 6.45) is 3.25. The van der Waals surface area contributed by atoms with Gasteiger partial charge in [0.1, 0.15) is 11.6 Å². The summed E-state index contributed by atoms with van der Waals surface area (Å²) in [6, 6.07) is 19.4. The third kappa shape index (κ3) is 3.82. The van der Waals surface area contributed by atoms with Crippen molar-refractivity contribution < 1.29 is 9.53 Å². The number of hydrogen-bond donors (Lipinski definition) is 0. The van der Waals surface area contributed by atoms with Crippen molar-refractivity contribution in [1.82, 2.24) is 19.4 Å². The maximum Gasteiger partial charge on any atom is 0.254 e. The zero-order valence-corrected chi connectivity index (χ0v) is 16.4. The van der Waals surface area contributed by atoms with Crippen LogP contribution in [0.25, 0.3) is 11.0 Å². The summed E-state index contributed by atoms with van der Waals surface area (Å²) in [6.45, 7) is 1.00. The molecule has 2 aromatic carbocycles. The highest BCUT2D eigenvalue weighted by atomic mass is 16.5. The number of ether oxygens (including phenoxy) is 1. The minimum absolute atomic E-state index is 0.0664. The number of aromatic nitrogens is 3. The van der Waals surface area contributed by atoms with Crippen LogP contribution in [0, 0.1) is 0 Å². The molecule has 0 atom stereocenters. The lowest BCUT2D eigenvalue weighted by molar-refractivity contribution is 0.0780. The first kappa shape index (κ1) is 18.7. The van der Waals surface area contributed by atoms with Crippen LogP contribution in [0.1, 0.15) is 21.7 Å². The molecule has 6 nitrogen and oxygen atoms in total. The van der Waals surface area contributed by atoms with Gasteiger partial charge in [-0.25, -0.2) is 4.98 Å². The second-order valence-electron chi connectivity index (χ2n) is 6.81. The van der Waals surface area contributed by atoms with Gasteiger partial charge in [0.15, 0.2) is 0 Å². The van der Waals surface area contributed by atoms with Crippen molar-refractivity contribution in [2.75, 3.05) is 14.2 Å². The van der Waals surface area contributed by atoms with Gasteiger partial charge in [-0.1, -0.05) is 30.3 Å². The number of fused-ring (bicyclic) bond motifs is 1. The number of rotatable bonds is 6. The standard InChI is InChI=1S/C23H22N4O2/c1-26(23(28)17-11-13-24-14-12-17)16-22-25-19-8-4-5-9-20(19)27(22)15-18-7-3-6-10-21(18)29-2/h3-14H,15-16H2,1-2H3. The minimum Gasteiger partial charge on any atom is -0.496 e. The Labute approximate surface area is 169 Å². The third-order valence-corrected chi connectivity index (χ3v) is 4.91. The smallest absolute Gasteiger partial charge is 0.254 e. The number of hydrogen-bond acceptors (Lipinski definition) is 4. The molecule has 0 fully saturated rings. The van der Waals surface area contributed by atoms with Crippen molar-refractivity contribution in [2.24, 2.45) is 0 Å². The summed E-state index contributed by atoms with van der Waals surface area (Å²) in [4.78, 5) is 23.2. The molecule has 0 aliphatic carbocycles. The molecule has 0 saturated heterocycles. The van der Waals surface area contributed by atoms with Gasteiger partial charge in [-0.05, 0) is 30.3 Å². The van der Waals surface area contributed by atoms with Crippen molar-refractivity contribution in [3.8, 4) is 5.75 Å². The van der Waals surface area contributed by atoms with Crippen LogP contribution in [0.3, 0.4) is 0 Å². The topological polar surface area (TPSA) is 60.2 Å². The van der Waals surface area contributed by atoms with E-state index >= 15 is 0 Å². The molecule has 29 heavy (non-hydrogen) atoms. The number of methoxy groups -OCH3 is 1. The Morgan fingerprint density at radius 1 is 1.03 bits per heavy atom. The van der Waals surface area contributed by atoms with Crippen molar-refractivity contribution in [2.45, 2.75) is 13.1 Å². The molecular formula is C23H22N4O2. The average molecular weight is 386 g/mol. The van der Waals surface area contributed by atoms with Crippen molar-refractivity contribution in [3.05, 3.63) is 90.0 Å². The summed E-state index contributed by atoms with van der Waals surface area (Å²) in [5.74, 6) is 1.59. The maximum atomic E-state index is 12.8. The summed E-state index contributed by atoms with van der Waals surface area (Å²) in [7, 11) is 3.46. The molecule has 2 aromatic heterocycles. The van der Waals surface area contributed by atoms with Crippen LogP contribution in [0.2, 0.25) is 0 Å². The van der Waals surface area contributed by atoms with Crippen LogP contribution in [-0.2, 0) is 13.1 Å². The maximum absolute atomic E-state index is 12.8. The molecule has 146 valence electrons. The van der Waals surface area contributed by atoms with Gasteiger partial charge in [0, 0.05) is 30.6 Å². The van der Waals surface area contributed by atoms with E-state index in [1.54, 1.807) is 43.6 Å². The van der Waals surface area contributed by atoms with Gasteiger partial charge in [-0.3, -0.25) is 9.78 Å². The summed E-state index contributed by atoms with van der Waals surface area (Å²) in [5, 5.41) is 0. The Kier molecular flexibility index (Phi) is 5.24. The number of imidazole rings is 1. The molecule has 0 saturated carbocycles. The number of nitrogens with zero attached hydrogens (tertiary/aromatic N) is 4. The van der Waals surface area contributed by atoms with E-state index in [2.05, 4.69) is 9.55 Å². The lowest BCUT2D eigenvalue weighted by Gasteiger charge is -2.18.